The summed E-state index contributed by atoms with van der Waals surface area (Å²) in [6.45, 7) is 6.70. The second kappa shape index (κ2) is 6.96. The number of hydrogen-bond donors (Lipinski definition) is 1. The highest BCUT2D eigenvalue weighted by molar-refractivity contribution is 5.77. The number of carbonyl (C=O) groups excluding carboxylic acids is 1. The monoisotopic (exact) mass is 382 g/mol. The van der Waals surface area contributed by atoms with Gasteiger partial charge in [-0.25, -0.2) is 4.79 Å². The molecule has 0 aliphatic heterocycles. The smallest absolute Gasteiger partial charge is 0.408 e. The standard InChI is InChI=1S/C21H26N4O3/c1-21(2,3)25-16-9-6-7-15(14(16)13-22-25)23-19(26)11-12-24-17-8-4-5-10-18(17)28-20(24)27/h4-5,8,10,13,15H,6-7,9,11-12H2,1-3H3,(H,23,26)/t15-/m0/s1. The van der Waals surface area contributed by atoms with Crippen molar-refractivity contribution in [2.45, 2.75) is 64.6 Å². The van der Waals surface area contributed by atoms with Gasteiger partial charge in [-0.1, -0.05) is 12.1 Å². The highest BCUT2D eigenvalue weighted by Gasteiger charge is 2.28. The Morgan fingerprint density at radius 3 is 2.89 bits per heavy atom. The summed E-state index contributed by atoms with van der Waals surface area (Å²) in [5.74, 6) is -0.501. The number of aryl methyl sites for hydroxylation is 1. The molecule has 148 valence electrons. The fourth-order valence-electron chi connectivity index (χ4n) is 3.99. The molecule has 2 heterocycles. The predicted octanol–water partition coefficient (Wildman–Crippen LogP) is 3.13. The molecular weight excluding hydrogens is 356 g/mol. The number of carbonyl (C=O) groups is 1. The quantitative estimate of drug-likeness (QED) is 0.752. The summed E-state index contributed by atoms with van der Waals surface area (Å²) in [4.78, 5) is 24.6. The molecule has 1 amide bonds. The van der Waals surface area contributed by atoms with E-state index in [0.29, 0.717) is 17.6 Å². The third kappa shape index (κ3) is 3.37. The van der Waals surface area contributed by atoms with Gasteiger partial charge in [-0.3, -0.25) is 14.0 Å². The molecule has 7 heteroatoms. The van der Waals surface area contributed by atoms with Crippen molar-refractivity contribution in [2.24, 2.45) is 0 Å². The SMILES string of the molecule is CC(C)(C)n1ncc2c1CCC[C@@H]2NC(=O)CCn1c(=O)oc2ccccc21. The van der Waals surface area contributed by atoms with Crippen molar-refractivity contribution < 1.29 is 9.21 Å². The molecule has 7 nitrogen and oxygen atoms in total. The lowest BCUT2D eigenvalue weighted by atomic mass is 9.92. The summed E-state index contributed by atoms with van der Waals surface area (Å²) in [5.41, 5.74) is 3.50. The van der Waals surface area contributed by atoms with Gasteiger partial charge in [0.1, 0.15) is 0 Å². The Hall–Kier alpha value is -2.83. The van der Waals surface area contributed by atoms with Crippen molar-refractivity contribution in [1.82, 2.24) is 19.7 Å². The van der Waals surface area contributed by atoms with Crippen molar-refractivity contribution in [2.75, 3.05) is 0 Å². The van der Waals surface area contributed by atoms with Gasteiger partial charge in [0.2, 0.25) is 5.91 Å². The van der Waals surface area contributed by atoms with Crippen LogP contribution in [-0.4, -0.2) is 20.3 Å². The van der Waals surface area contributed by atoms with Gasteiger partial charge in [0.05, 0.1) is 23.3 Å². The number of aromatic nitrogens is 3. The van der Waals surface area contributed by atoms with Crippen LogP contribution in [0.2, 0.25) is 0 Å². The number of rotatable bonds is 4. The number of hydrogen-bond acceptors (Lipinski definition) is 4. The van der Waals surface area contributed by atoms with Crippen LogP contribution in [0, 0.1) is 0 Å². The van der Waals surface area contributed by atoms with Crippen molar-refractivity contribution in [3.63, 3.8) is 0 Å². The van der Waals surface area contributed by atoms with Crippen LogP contribution in [0.25, 0.3) is 11.1 Å². The molecule has 0 unspecified atom stereocenters. The molecule has 2 aromatic heterocycles. The van der Waals surface area contributed by atoms with Crippen LogP contribution in [0.15, 0.2) is 39.7 Å². The third-order valence-corrected chi connectivity index (χ3v) is 5.29. The van der Waals surface area contributed by atoms with E-state index >= 15 is 0 Å². The number of amides is 1. The number of fused-ring (bicyclic) bond motifs is 2. The molecule has 1 atom stereocenters. The molecule has 3 aromatic rings. The summed E-state index contributed by atoms with van der Waals surface area (Å²) in [6.07, 6.45) is 5.02. The van der Waals surface area contributed by atoms with Crippen molar-refractivity contribution in [3.05, 3.63) is 52.3 Å². The Labute approximate surface area is 163 Å². The molecule has 1 aliphatic rings. The van der Waals surface area contributed by atoms with Crippen LogP contribution in [-0.2, 0) is 23.3 Å². The van der Waals surface area contributed by atoms with Gasteiger partial charge in [0, 0.05) is 24.2 Å². The number of nitrogens with zero attached hydrogens (tertiary/aromatic N) is 3. The van der Waals surface area contributed by atoms with Crippen LogP contribution in [0.1, 0.15) is 57.3 Å². The molecule has 0 saturated carbocycles. The molecule has 1 aromatic carbocycles. The van der Waals surface area contributed by atoms with Crippen LogP contribution in [0.5, 0.6) is 0 Å². The average Bonchev–Trinajstić information content (AvgIpc) is 3.21. The van der Waals surface area contributed by atoms with Gasteiger partial charge in [-0.15, -0.1) is 0 Å². The zero-order chi connectivity index (χ0) is 19.9. The minimum Gasteiger partial charge on any atom is -0.408 e. The summed E-state index contributed by atoms with van der Waals surface area (Å²) in [7, 11) is 0. The first-order valence-electron chi connectivity index (χ1n) is 9.79. The lowest BCUT2D eigenvalue weighted by molar-refractivity contribution is -0.122. The van der Waals surface area contributed by atoms with Crippen molar-refractivity contribution in [1.29, 1.82) is 0 Å². The molecule has 0 saturated heterocycles. The number of oxazole rings is 1. The number of benzene rings is 1. The van der Waals surface area contributed by atoms with Gasteiger partial charge >= 0.3 is 5.76 Å². The highest BCUT2D eigenvalue weighted by Crippen LogP contribution is 2.32. The summed E-state index contributed by atoms with van der Waals surface area (Å²) >= 11 is 0. The van der Waals surface area contributed by atoms with Crippen LogP contribution in [0.4, 0.5) is 0 Å². The van der Waals surface area contributed by atoms with Gasteiger partial charge in [-0.2, -0.15) is 5.10 Å². The largest absolute Gasteiger partial charge is 0.419 e. The predicted molar refractivity (Wildman–Crippen MR) is 106 cm³/mol. The lowest BCUT2D eigenvalue weighted by Gasteiger charge is -2.28. The maximum Gasteiger partial charge on any atom is 0.419 e. The van der Waals surface area contributed by atoms with Crippen LogP contribution < -0.4 is 11.1 Å². The molecule has 4 rings (SSSR count). The van der Waals surface area contributed by atoms with E-state index in [2.05, 4.69) is 35.9 Å². The first-order valence-corrected chi connectivity index (χ1v) is 9.79. The second-order valence-electron chi connectivity index (χ2n) is 8.38. The molecule has 0 fully saturated rings. The van der Waals surface area contributed by atoms with E-state index in [4.69, 9.17) is 4.42 Å². The average molecular weight is 382 g/mol. The maximum atomic E-state index is 12.6. The van der Waals surface area contributed by atoms with Gasteiger partial charge in [-0.05, 0) is 52.2 Å². The Morgan fingerprint density at radius 1 is 1.32 bits per heavy atom. The normalized spacial score (nSPS) is 16.9. The first-order chi connectivity index (χ1) is 13.3. The second-order valence-corrected chi connectivity index (χ2v) is 8.38. The molecule has 28 heavy (non-hydrogen) atoms. The van der Waals surface area contributed by atoms with E-state index in [1.54, 1.807) is 6.07 Å². The summed E-state index contributed by atoms with van der Waals surface area (Å²) < 4.78 is 8.81. The van der Waals surface area contributed by atoms with Crippen LogP contribution >= 0.6 is 0 Å². The fourth-order valence-corrected chi connectivity index (χ4v) is 3.99. The minimum atomic E-state index is -0.430. The van der Waals surface area contributed by atoms with Crippen LogP contribution in [0.3, 0.4) is 0 Å². The lowest BCUT2D eigenvalue weighted by Crippen LogP contribution is -2.33. The zero-order valence-corrected chi connectivity index (χ0v) is 16.6. The van der Waals surface area contributed by atoms with E-state index in [1.807, 2.05) is 24.4 Å². The third-order valence-electron chi connectivity index (χ3n) is 5.29. The van der Waals surface area contributed by atoms with E-state index in [-0.39, 0.29) is 23.9 Å². The van der Waals surface area contributed by atoms with E-state index in [0.717, 1.165) is 24.8 Å². The van der Waals surface area contributed by atoms with E-state index < -0.39 is 5.76 Å². The molecular formula is C21H26N4O3. The minimum absolute atomic E-state index is 0.0230. The van der Waals surface area contributed by atoms with E-state index in [9.17, 15) is 9.59 Å². The number of para-hydroxylation sites is 2. The fraction of sp³-hybridized carbons (Fsp3) is 0.476. The Morgan fingerprint density at radius 2 is 2.11 bits per heavy atom. The highest BCUT2D eigenvalue weighted by atomic mass is 16.4. The Kier molecular flexibility index (Phi) is 4.61. The first kappa shape index (κ1) is 18.5. The van der Waals surface area contributed by atoms with Gasteiger partial charge in [0.15, 0.2) is 5.58 Å². The molecule has 0 radical (unpaired) electrons. The Bertz CT molecular complexity index is 1070. The summed E-state index contributed by atoms with van der Waals surface area (Å²) in [6, 6.07) is 7.23. The maximum absolute atomic E-state index is 12.6. The van der Waals surface area contributed by atoms with Gasteiger partial charge < -0.3 is 9.73 Å². The van der Waals surface area contributed by atoms with Gasteiger partial charge in [0.25, 0.3) is 0 Å². The Balaban J connectivity index is 1.46. The molecule has 1 aliphatic carbocycles. The number of nitrogens with one attached hydrogen (secondary N) is 1. The molecule has 0 bridgehead atoms. The molecule has 0 spiro atoms. The topological polar surface area (TPSA) is 82.1 Å². The molecule has 1 N–H and O–H groups in total. The van der Waals surface area contributed by atoms with E-state index in [1.165, 1.54) is 10.3 Å². The van der Waals surface area contributed by atoms with Crippen molar-refractivity contribution in [3.8, 4) is 0 Å². The summed E-state index contributed by atoms with van der Waals surface area (Å²) in [5, 5.41) is 7.70. The zero-order valence-electron chi connectivity index (χ0n) is 16.6. The van der Waals surface area contributed by atoms with Crippen molar-refractivity contribution >= 4 is 17.0 Å².